The van der Waals surface area contributed by atoms with Gasteiger partial charge in [0.05, 0.1) is 11.6 Å². The van der Waals surface area contributed by atoms with Gasteiger partial charge >= 0.3 is 0 Å². The second-order valence-electron chi connectivity index (χ2n) is 4.06. The Morgan fingerprint density at radius 3 is 2.94 bits per heavy atom. The van der Waals surface area contributed by atoms with Crippen LogP contribution in [0, 0.1) is 11.3 Å². The highest BCUT2D eigenvalue weighted by Gasteiger charge is 2.29. The van der Waals surface area contributed by atoms with E-state index in [0.29, 0.717) is 5.56 Å². The molecule has 1 amide bonds. The van der Waals surface area contributed by atoms with Gasteiger partial charge in [0.2, 0.25) is 5.91 Å². The van der Waals surface area contributed by atoms with E-state index in [-0.39, 0.29) is 11.9 Å². The normalized spacial score (nSPS) is 19.1. The second-order valence-corrected chi connectivity index (χ2v) is 4.98. The molecule has 4 nitrogen and oxygen atoms in total. The number of nitrogens with two attached hydrogens (primary N) is 1. The first-order valence-electron chi connectivity index (χ1n) is 5.38. The molecule has 1 heterocycles. The van der Waals surface area contributed by atoms with E-state index < -0.39 is 0 Å². The molecule has 88 valence electrons. The molecule has 1 saturated heterocycles. The van der Waals surface area contributed by atoms with Gasteiger partial charge in [-0.15, -0.1) is 0 Å². The Kier molecular flexibility index (Phi) is 3.34. The molecule has 1 fully saturated rings. The van der Waals surface area contributed by atoms with E-state index >= 15 is 0 Å². The van der Waals surface area contributed by atoms with Gasteiger partial charge in [-0.05, 0) is 31.0 Å². The Labute approximate surface area is 108 Å². The van der Waals surface area contributed by atoms with Crippen LogP contribution in [0.5, 0.6) is 0 Å². The van der Waals surface area contributed by atoms with Gasteiger partial charge in [0.15, 0.2) is 0 Å². The van der Waals surface area contributed by atoms with E-state index in [1.54, 1.807) is 12.1 Å². The number of hydrogen-bond acceptors (Lipinski definition) is 3. The van der Waals surface area contributed by atoms with Gasteiger partial charge in [-0.2, -0.15) is 5.26 Å². The third-order valence-electron chi connectivity index (χ3n) is 2.92. The summed E-state index contributed by atoms with van der Waals surface area (Å²) in [6.07, 6.45) is 1.73. The average Bonchev–Trinajstić information content (AvgIpc) is 2.77. The summed E-state index contributed by atoms with van der Waals surface area (Å²) in [6, 6.07) is 7.29. The van der Waals surface area contributed by atoms with Gasteiger partial charge in [-0.1, -0.05) is 15.9 Å². The van der Waals surface area contributed by atoms with Crippen LogP contribution >= 0.6 is 15.9 Å². The van der Waals surface area contributed by atoms with Crippen molar-refractivity contribution in [3.8, 4) is 6.07 Å². The van der Waals surface area contributed by atoms with Crippen molar-refractivity contribution >= 4 is 27.5 Å². The highest BCUT2D eigenvalue weighted by molar-refractivity contribution is 9.10. The minimum atomic E-state index is -0.305. The average molecular weight is 294 g/mol. The van der Waals surface area contributed by atoms with Gasteiger partial charge in [0.25, 0.3) is 0 Å². The van der Waals surface area contributed by atoms with Crippen molar-refractivity contribution < 1.29 is 4.79 Å². The number of rotatable bonds is 2. The Morgan fingerprint density at radius 2 is 2.29 bits per heavy atom. The van der Waals surface area contributed by atoms with Gasteiger partial charge in [0.1, 0.15) is 6.04 Å². The fourth-order valence-electron chi connectivity index (χ4n) is 2.18. The molecular formula is C12H12BrN3O. The Hall–Kier alpha value is -1.54. The maximum absolute atomic E-state index is 11.3. The molecule has 2 N–H and O–H groups in total. The highest BCUT2D eigenvalue weighted by atomic mass is 79.9. The largest absolute Gasteiger partial charge is 0.368 e. The number of primary amides is 1. The molecule has 1 unspecified atom stereocenters. The lowest BCUT2D eigenvalue weighted by Gasteiger charge is -2.24. The van der Waals surface area contributed by atoms with Crippen LogP contribution in [0.4, 0.5) is 5.69 Å². The van der Waals surface area contributed by atoms with E-state index in [9.17, 15) is 4.79 Å². The molecule has 0 aliphatic carbocycles. The van der Waals surface area contributed by atoms with Gasteiger partial charge < -0.3 is 10.6 Å². The number of halogens is 1. The topological polar surface area (TPSA) is 70.1 Å². The minimum Gasteiger partial charge on any atom is -0.368 e. The van der Waals surface area contributed by atoms with E-state index in [0.717, 1.165) is 29.5 Å². The lowest BCUT2D eigenvalue weighted by Crippen LogP contribution is -2.40. The maximum atomic E-state index is 11.3. The van der Waals surface area contributed by atoms with Crippen molar-refractivity contribution in [3.63, 3.8) is 0 Å². The Bertz CT molecular complexity index is 495. The second kappa shape index (κ2) is 4.76. The van der Waals surface area contributed by atoms with E-state index in [2.05, 4.69) is 22.0 Å². The third-order valence-corrected chi connectivity index (χ3v) is 3.38. The van der Waals surface area contributed by atoms with Crippen LogP contribution in [-0.2, 0) is 4.79 Å². The zero-order valence-corrected chi connectivity index (χ0v) is 10.8. The highest BCUT2D eigenvalue weighted by Crippen LogP contribution is 2.29. The number of benzene rings is 1. The van der Waals surface area contributed by atoms with Crippen molar-refractivity contribution in [2.75, 3.05) is 11.4 Å². The van der Waals surface area contributed by atoms with Crippen molar-refractivity contribution in [1.29, 1.82) is 5.26 Å². The molecule has 0 bridgehead atoms. The first kappa shape index (κ1) is 11.9. The molecule has 2 rings (SSSR count). The molecule has 0 saturated carbocycles. The number of carbonyl (C=O) groups excluding carboxylic acids is 1. The number of carbonyl (C=O) groups is 1. The van der Waals surface area contributed by atoms with Crippen LogP contribution in [0.3, 0.4) is 0 Å². The summed E-state index contributed by atoms with van der Waals surface area (Å²) in [5.74, 6) is -0.305. The molecular weight excluding hydrogens is 282 g/mol. The number of anilines is 1. The predicted molar refractivity (Wildman–Crippen MR) is 68.4 cm³/mol. The van der Waals surface area contributed by atoms with Gasteiger partial charge in [-0.3, -0.25) is 4.79 Å². The monoisotopic (exact) mass is 293 g/mol. The summed E-state index contributed by atoms with van der Waals surface area (Å²) in [6.45, 7) is 0.801. The van der Waals surface area contributed by atoms with E-state index in [4.69, 9.17) is 11.0 Å². The summed E-state index contributed by atoms with van der Waals surface area (Å²) in [5.41, 5.74) is 6.82. The van der Waals surface area contributed by atoms with Crippen molar-refractivity contribution in [2.24, 2.45) is 5.73 Å². The van der Waals surface area contributed by atoms with Gasteiger partial charge in [0, 0.05) is 16.7 Å². The summed E-state index contributed by atoms with van der Waals surface area (Å²) >= 11 is 3.36. The van der Waals surface area contributed by atoms with Crippen LogP contribution in [0.1, 0.15) is 18.4 Å². The summed E-state index contributed by atoms with van der Waals surface area (Å²) in [7, 11) is 0. The lowest BCUT2D eigenvalue weighted by molar-refractivity contribution is -0.119. The summed E-state index contributed by atoms with van der Waals surface area (Å²) in [5, 5.41) is 8.92. The smallest absolute Gasteiger partial charge is 0.240 e. The lowest BCUT2D eigenvalue weighted by atomic mass is 10.1. The molecule has 0 radical (unpaired) electrons. The maximum Gasteiger partial charge on any atom is 0.240 e. The summed E-state index contributed by atoms with van der Waals surface area (Å²) < 4.78 is 0.835. The quantitative estimate of drug-likeness (QED) is 0.903. The van der Waals surface area contributed by atoms with Crippen molar-refractivity contribution in [3.05, 3.63) is 28.2 Å². The van der Waals surface area contributed by atoms with E-state index in [1.807, 2.05) is 11.0 Å². The Balaban J connectivity index is 2.37. The third kappa shape index (κ3) is 2.42. The standard InChI is InChI=1S/C12H12BrN3O/c13-9-4-8(7-14)5-10(6-9)16-3-1-2-11(16)12(15)17/h4-6,11H,1-3H2,(H2,15,17). The molecule has 17 heavy (non-hydrogen) atoms. The van der Waals surface area contributed by atoms with Crippen molar-refractivity contribution in [1.82, 2.24) is 0 Å². The molecule has 0 spiro atoms. The van der Waals surface area contributed by atoms with Crippen LogP contribution < -0.4 is 10.6 Å². The first-order valence-corrected chi connectivity index (χ1v) is 6.18. The molecule has 1 aromatic rings. The van der Waals surface area contributed by atoms with Crippen LogP contribution in [0.25, 0.3) is 0 Å². The minimum absolute atomic E-state index is 0.254. The van der Waals surface area contributed by atoms with Crippen LogP contribution in [0.2, 0.25) is 0 Å². The predicted octanol–water partition coefficient (Wildman–Crippen LogP) is 1.77. The molecule has 1 aliphatic heterocycles. The zero-order chi connectivity index (χ0) is 12.4. The number of nitrogens with zero attached hydrogens (tertiary/aromatic N) is 2. The fraction of sp³-hybridized carbons (Fsp3) is 0.333. The zero-order valence-electron chi connectivity index (χ0n) is 9.19. The summed E-state index contributed by atoms with van der Waals surface area (Å²) in [4.78, 5) is 13.3. The number of nitriles is 1. The SMILES string of the molecule is N#Cc1cc(Br)cc(N2CCCC2C(N)=O)c1. The molecule has 5 heteroatoms. The van der Waals surface area contributed by atoms with E-state index in [1.165, 1.54) is 0 Å². The first-order chi connectivity index (χ1) is 8.11. The fourth-order valence-corrected chi connectivity index (χ4v) is 2.66. The molecule has 1 atom stereocenters. The number of amides is 1. The van der Waals surface area contributed by atoms with Crippen LogP contribution in [0.15, 0.2) is 22.7 Å². The molecule has 1 aromatic carbocycles. The molecule has 0 aromatic heterocycles. The molecule has 1 aliphatic rings. The van der Waals surface area contributed by atoms with Crippen molar-refractivity contribution in [2.45, 2.75) is 18.9 Å². The Morgan fingerprint density at radius 1 is 1.53 bits per heavy atom. The van der Waals surface area contributed by atoms with Crippen LogP contribution in [-0.4, -0.2) is 18.5 Å². The number of hydrogen-bond donors (Lipinski definition) is 1. The van der Waals surface area contributed by atoms with Gasteiger partial charge in [-0.25, -0.2) is 0 Å².